The molecule has 0 saturated heterocycles. The molecule has 8 heteroatoms. The van der Waals surface area contributed by atoms with Gasteiger partial charge in [0.25, 0.3) is 6.43 Å². The van der Waals surface area contributed by atoms with E-state index in [1.54, 1.807) is 0 Å². The van der Waals surface area contributed by atoms with Gasteiger partial charge in [-0.2, -0.15) is 0 Å². The predicted octanol–water partition coefficient (Wildman–Crippen LogP) is 3.83. The van der Waals surface area contributed by atoms with Crippen molar-refractivity contribution in [2.24, 2.45) is 0 Å². The molecule has 0 amide bonds. The Balaban J connectivity index is 3.24. The highest BCUT2D eigenvalue weighted by Gasteiger charge is 2.35. The minimum absolute atomic E-state index is 0.0156. The SMILES string of the molecule is Cc1cnc(OC(F)(F)F)c(C(F)F)c1I. The summed E-state index contributed by atoms with van der Waals surface area (Å²) in [5.41, 5.74) is -0.469. The van der Waals surface area contributed by atoms with Crippen LogP contribution < -0.4 is 4.74 Å². The molecule has 0 aliphatic heterocycles. The van der Waals surface area contributed by atoms with Crippen LogP contribution in [0.4, 0.5) is 22.0 Å². The largest absolute Gasteiger partial charge is 0.574 e. The zero-order valence-corrected chi connectivity index (χ0v) is 9.94. The number of nitrogens with zero attached hydrogens (tertiary/aromatic N) is 1. The van der Waals surface area contributed by atoms with Crippen LogP contribution in [0.2, 0.25) is 0 Å². The Kier molecular flexibility index (Phi) is 3.92. The molecule has 0 radical (unpaired) electrons. The molecule has 16 heavy (non-hydrogen) atoms. The third kappa shape index (κ3) is 3.16. The lowest BCUT2D eigenvalue weighted by molar-refractivity contribution is -0.276. The minimum atomic E-state index is -5.03. The molecule has 0 unspecified atom stereocenters. The molecule has 0 atom stereocenters. The van der Waals surface area contributed by atoms with E-state index >= 15 is 0 Å². The molecule has 1 heterocycles. The molecule has 1 aromatic rings. The van der Waals surface area contributed by atoms with E-state index in [0.29, 0.717) is 5.56 Å². The van der Waals surface area contributed by atoms with Crippen molar-refractivity contribution in [1.29, 1.82) is 0 Å². The van der Waals surface area contributed by atoms with E-state index in [2.05, 4.69) is 9.72 Å². The third-order valence-electron chi connectivity index (χ3n) is 1.62. The molecule has 0 aliphatic carbocycles. The fourth-order valence-corrected chi connectivity index (χ4v) is 1.57. The van der Waals surface area contributed by atoms with Crippen LogP contribution in [0.25, 0.3) is 0 Å². The fraction of sp³-hybridized carbons (Fsp3) is 0.375. The second-order valence-electron chi connectivity index (χ2n) is 2.82. The van der Waals surface area contributed by atoms with Gasteiger partial charge in [-0.05, 0) is 35.1 Å². The number of ether oxygens (including phenoxy) is 1. The summed E-state index contributed by atoms with van der Waals surface area (Å²) in [5, 5.41) is 0. The Bertz CT molecular complexity index is 393. The zero-order chi connectivity index (χ0) is 12.5. The van der Waals surface area contributed by atoms with Crippen LogP contribution in [0.5, 0.6) is 5.88 Å². The molecule has 2 nitrogen and oxygen atoms in total. The van der Waals surface area contributed by atoms with E-state index in [9.17, 15) is 22.0 Å². The van der Waals surface area contributed by atoms with Crippen molar-refractivity contribution < 1.29 is 26.7 Å². The molecule has 0 saturated carbocycles. The number of aryl methyl sites for hydroxylation is 1. The maximum Gasteiger partial charge on any atom is 0.574 e. The molecule has 0 fully saturated rings. The van der Waals surface area contributed by atoms with E-state index < -0.39 is 24.2 Å². The molecule has 0 aliphatic rings. The Labute approximate surface area is 101 Å². The second-order valence-corrected chi connectivity index (χ2v) is 3.90. The zero-order valence-electron chi connectivity index (χ0n) is 7.78. The normalized spacial score (nSPS) is 12.0. The average molecular weight is 353 g/mol. The summed E-state index contributed by atoms with van der Waals surface area (Å²) in [6.45, 7) is 1.47. The number of pyridine rings is 1. The van der Waals surface area contributed by atoms with Gasteiger partial charge in [0.15, 0.2) is 0 Å². The van der Waals surface area contributed by atoms with Gasteiger partial charge in [0.1, 0.15) is 0 Å². The van der Waals surface area contributed by atoms with E-state index in [4.69, 9.17) is 0 Å². The van der Waals surface area contributed by atoms with Gasteiger partial charge in [-0.15, -0.1) is 13.2 Å². The predicted molar refractivity (Wildman–Crippen MR) is 53.3 cm³/mol. The molecular formula is C8H5F5INO. The van der Waals surface area contributed by atoms with Crippen molar-refractivity contribution in [3.63, 3.8) is 0 Å². The number of aromatic nitrogens is 1. The summed E-state index contributed by atoms with van der Waals surface area (Å²) in [4.78, 5) is 3.22. The van der Waals surface area contributed by atoms with Crippen molar-refractivity contribution in [3.8, 4) is 5.88 Å². The van der Waals surface area contributed by atoms with Crippen molar-refractivity contribution in [1.82, 2.24) is 4.98 Å². The van der Waals surface area contributed by atoms with Gasteiger partial charge in [-0.3, -0.25) is 0 Å². The maximum absolute atomic E-state index is 12.6. The number of hydrogen-bond donors (Lipinski definition) is 0. The van der Waals surface area contributed by atoms with Crippen LogP contribution in [0.15, 0.2) is 6.20 Å². The van der Waals surface area contributed by atoms with Crippen LogP contribution >= 0.6 is 22.6 Å². The van der Waals surface area contributed by atoms with Crippen LogP contribution in [0.1, 0.15) is 17.6 Å². The smallest absolute Gasteiger partial charge is 0.387 e. The van der Waals surface area contributed by atoms with E-state index in [0.717, 1.165) is 6.20 Å². The van der Waals surface area contributed by atoms with E-state index in [1.165, 1.54) is 29.5 Å². The van der Waals surface area contributed by atoms with E-state index in [1.807, 2.05) is 0 Å². The minimum Gasteiger partial charge on any atom is -0.387 e. The Morgan fingerprint density at radius 2 is 1.94 bits per heavy atom. The summed E-state index contributed by atoms with van der Waals surface area (Å²) in [7, 11) is 0. The van der Waals surface area contributed by atoms with Crippen LogP contribution in [0, 0.1) is 10.5 Å². The summed E-state index contributed by atoms with van der Waals surface area (Å²) >= 11 is 1.53. The highest BCUT2D eigenvalue weighted by Crippen LogP contribution is 2.35. The molecule has 90 valence electrons. The van der Waals surface area contributed by atoms with E-state index in [-0.39, 0.29) is 3.57 Å². The standard InChI is InChI=1S/C8H5F5INO/c1-3-2-15-7(16-8(11,12)13)4(5(3)14)6(9)10/h2,6H,1H3. The van der Waals surface area contributed by atoms with Gasteiger partial charge in [0.2, 0.25) is 5.88 Å². The maximum atomic E-state index is 12.6. The molecule has 0 N–H and O–H groups in total. The summed E-state index contributed by atoms with van der Waals surface area (Å²) in [6.07, 6.45) is -7.05. The number of halogens is 6. The Morgan fingerprint density at radius 1 is 1.38 bits per heavy atom. The van der Waals surface area contributed by atoms with Crippen LogP contribution in [-0.4, -0.2) is 11.3 Å². The third-order valence-corrected chi connectivity index (χ3v) is 3.05. The van der Waals surface area contributed by atoms with Gasteiger partial charge < -0.3 is 4.74 Å². The fourth-order valence-electron chi connectivity index (χ4n) is 0.968. The first-order valence-corrected chi connectivity index (χ1v) is 4.99. The summed E-state index contributed by atoms with van der Waals surface area (Å²) < 4.78 is 64.3. The van der Waals surface area contributed by atoms with Gasteiger partial charge in [0, 0.05) is 9.77 Å². The van der Waals surface area contributed by atoms with Crippen molar-refractivity contribution >= 4 is 22.6 Å². The van der Waals surface area contributed by atoms with Gasteiger partial charge in [-0.25, -0.2) is 13.8 Å². The lowest BCUT2D eigenvalue weighted by Gasteiger charge is -2.13. The highest BCUT2D eigenvalue weighted by atomic mass is 127. The number of rotatable bonds is 2. The van der Waals surface area contributed by atoms with Crippen LogP contribution in [0.3, 0.4) is 0 Å². The molecule has 0 bridgehead atoms. The molecule has 1 aromatic heterocycles. The molecule has 1 rings (SSSR count). The van der Waals surface area contributed by atoms with Gasteiger partial charge in [-0.1, -0.05) is 0 Å². The van der Waals surface area contributed by atoms with Crippen molar-refractivity contribution in [2.45, 2.75) is 19.7 Å². The highest BCUT2D eigenvalue weighted by molar-refractivity contribution is 14.1. The Morgan fingerprint density at radius 3 is 2.38 bits per heavy atom. The average Bonchev–Trinajstić information content (AvgIpc) is 2.08. The number of alkyl halides is 5. The quantitative estimate of drug-likeness (QED) is 0.596. The first-order valence-electron chi connectivity index (χ1n) is 3.91. The first kappa shape index (κ1) is 13.4. The lowest BCUT2D eigenvalue weighted by Crippen LogP contribution is -2.19. The molecular weight excluding hydrogens is 348 g/mol. The van der Waals surface area contributed by atoms with Crippen LogP contribution in [-0.2, 0) is 0 Å². The topological polar surface area (TPSA) is 22.1 Å². The molecule has 0 spiro atoms. The Hall–Kier alpha value is -0.670. The van der Waals surface area contributed by atoms with Crippen molar-refractivity contribution in [2.75, 3.05) is 0 Å². The first-order chi connectivity index (χ1) is 7.22. The van der Waals surface area contributed by atoms with Gasteiger partial charge >= 0.3 is 6.36 Å². The molecule has 0 aromatic carbocycles. The summed E-state index contributed by atoms with van der Waals surface area (Å²) in [6, 6.07) is 0. The second kappa shape index (κ2) is 4.68. The van der Waals surface area contributed by atoms with Crippen molar-refractivity contribution in [3.05, 3.63) is 20.9 Å². The monoisotopic (exact) mass is 353 g/mol. The summed E-state index contributed by atoms with van der Waals surface area (Å²) in [5.74, 6) is -1.10. The number of hydrogen-bond acceptors (Lipinski definition) is 2. The lowest BCUT2D eigenvalue weighted by atomic mass is 10.2. The van der Waals surface area contributed by atoms with Gasteiger partial charge in [0.05, 0.1) is 5.56 Å².